The zero-order chi connectivity index (χ0) is 21.0. The van der Waals surface area contributed by atoms with Crippen LogP contribution in [0.4, 0.5) is 5.82 Å². The highest BCUT2D eigenvalue weighted by Crippen LogP contribution is 2.21. The quantitative estimate of drug-likeness (QED) is 0.366. The monoisotopic (exact) mass is 417 g/mol. The van der Waals surface area contributed by atoms with Crippen LogP contribution in [0.3, 0.4) is 0 Å². The highest BCUT2D eigenvalue weighted by atomic mass is 16.5. The Morgan fingerprint density at radius 3 is 2.70 bits per heavy atom. The fourth-order valence-corrected chi connectivity index (χ4v) is 3.90. The Hall–Kier alpha value is -1.86. The number of nitrogens with zero attached hydrogens (tertiary/aromatic N) is 3. The predicted molar refractivity (Wildman–Crippen MR) is 122 cm³/mol. The van der Waals surface area contributed by atoms with Crippen LogP contribution in [0.1, 0.15) is 44.6 Å². The van der Waals surface area contributed by atoms with Crippen LogP contribution in [0.2, 0.25) is 0 Å². The number of hydrogen-bond donors (Lipinski definition) is 2. The summed E-state index contributed by atoms with van der Waals surface area (Å²) in [6.07, 6.45) is 7.71. The molecule has 0 spiro atoms. The average Bonchev–Trinajstić information content (AvgIpc) is 2.80. The first-order valence-corrected chi connectivity index (χ1v) is 11.5. The van der Waals surface area contributed by atoms with E-state index in [-0.39, 0.29) is 0 Å². The highest BCUT2D eigenvalue weighted by molar-refractivity contribution is 5.79. The Labute approximate surface area is 181 Å². The van der Waals surface area contributed by atoms with Crippen molar-refractivity contribution in [3.63, 3.8) is 0 Å². The Balaban J connectivity index is 1.28. The fraction of sp³-hybridized carbons (Fsp3) is 0.739. The van der Waals surface area contributed by atoms with Gasteiger partial charge in [0.25, 0.3) is 0 Å². The maximum Gasteiger partial charge on any atom is 0.191 e. The van der Waals surface area contributed by atoms with Crippen LogP contribution in [-0.4, -0.2) is 64.1 Å². The third kappa shape index (κ3) is 7.76. The molecule has 0 aliphatic carbocycles. The smallest absolute Gasteiger partial charge is 0.191 e. The Morgan fingerprint density at radius 1 is 1.20 bits per heavy atom. The van der Waals surface area contributed by atoms with Crippen LogP contribution in [0.25, 0.3) is 0 Å². The predicted octanol–water partition coefficient (Wildman–Crippen LogP) is 2.82. The van der Waals surface area contributed by atoms with Crippen LogP contribution < -0.4 is 15.5 Å². The van der Waals surface area contributed by atoms with Gasteiger partial charge in [-0.1, -0.05) is 13.0 Å². The number of nitrogens with one attached hydrogen (secondary N) is 2. The van der Waals surface area contributed by atoms with Crippen molar-refractivity contribution in [2.45, 2.75) is 45.6 Å². The van der Waals surface area contributed by atoms with Crippen LogP contribution in [0.5, 0.6) is 0 Å². The summed E-state index contributed by atoms with van der Waals surface area (Å²) in [7, 11) is 1.80. The lowest BCUT2D eigenvalue weighted by molar-refractivity contribution is 0.0203. The second kappa shape index (κ2) is 12.7. The molecular weight excluding hydrogens is 378 g/mol. The molecule has 0 atom stereocenters. The molecule has 2 fully saturated rings. The average molecular weight is 418 g/mol. The molecule has 7 heteroatoms. The van der Waals surface area contributed by atoms with Crippen molar-refractivity contribution in [3.8, 4) is 0 Å². The summed E-state index contributed by atoms with van der Waals surface area (Å²) in [5.74, 6) is 3.41. The molecule has 2 aliphatic heterocycles. The van der Waals surface area contributed by atoms with Gasteiger partial charge in [-0.3, -0.25) is 4.99 Å². The van der Waals surface area contributed by atoms with Crippen molar-refractivity contribution < 1.29 is 9.47 Å². The summed E-state index contributed by atoms with van der Waals surface area (Å²) in [6, 6.07) is 4.30. The van der Waals surface area contributed by atoms with Gasteiger partial charge in [0, 0.05) is 65.9 Å². The first-order chi connectivity index (χ1) is 14.7. The van der Waals surface area contributed by atoms with Crippen LogP contribution >= 0.6 is 0 Å². The van der Waals surface area contributed by atoms with Gasteiger partial charge in [-0.2, -0.15) is 0 Å². The van der Waals surface area contributed by atoms with E-state index in [2.05, 4.69) is 44.6 Å². The number of piperidine rings is 1. The van der Waals surface area contributed by atoms with Crippen LogP contribution in [0, 0.1) is 11.8 Å². The van der Waals surface area contributed by atoms with Gasteiger partial charge in [-0.05, 0) is 55.6 Å². The van der Waals surface area contributed by atoms with E-state index in [0.29, 0.717) is 12.5 Å². The molecule has 0 saturated carbocycles. The zero-order valence-electron chi connectivity index (χ0n) is 18.7. The molecule has 168 valence electrons. The SMILES string of the molecule is CN=C(NCCCOCC1CCOCC1)NCc1ccc(N2CCC(C)CC2)nc1. The summed E-state index contributed by atoms with van der Waals surface area (Å²) in [5.41, 5.74) is 1.16. The van der Waals surface area contributed by atoms with E-state index in [4.69, 9.17) is 9.47 Å². The van der Waals surface area contributed by atoms with E-state index in [9.17, 15) is 0 Å². The minimum atomic E-state index is 0.666. The Kier molecular flexibility index (Phi) is 9.70. The molecular formula is C23H39N5O2. The Bertz CT molecular complexity index is 623. The molecule has 3 rings (SSSR count). The van der Waals surface area contributed by atoms with Gasteiger partial charge in [0.15, 0.2) is 5.96 Å². The lowest BCUT2D eigenvalue weighted by Crippen LogP contribution is -2.37. The molecule has 2 saturated heterocycles. The fourth-order valence-electron chi connectivity index (χ4n) is 3.90. The minimum Gasteiger partial charge on any atom is -0.381 e. The number of ether oxygens (including phenoxy) is 2. The van der Waals surface area contributed by atoms with Gasteiger partial charge in [-0.25, -0.2) is 4.98 Å². The van der Waals surface area contributed by atoms with Gasteiger partial charge in [-0.15, -0.1) is 0 Å². The second-order valence-corrected chi connectivity index (χ2v) is 8.53. The standard InChI is InChI=1S/C23H39N5O2/c1-19-6-11-28(12-7-19)22-5-4-21(16-26-22)17-27-23(24-2)25-10-3-13-30-18-20-8-14-29-15-9-20/h4-5,16,19-20H,3,6-15,17-18H2,1-2H3,(H2,24,25,27). The zero-order valence-corrected chi connectivity index (χ0v) is 18.7. The Morgan fingerprint density at radius 2 is 2.00 bits per heavy atom. The van der Waals surface area contributed by atoms with E-state index in [1.807, 2.05) is 6.20 Å². The van der Waals surface area contributed by atoms with E-state index < -0.39 is 0 Å². The van der Waals surface area contributed by atoms with Crippen molar-refractivity contribution in [1.29, 1.82) is 0 Å². The summed E-state index contributed by atoms with van der Waals surface area (Å²) in [6.45, 7) is 9.52. The maximum atomic E-state index is 5.82. The number of rotatable bonds is 9. The van der Waals surface area contributed by atoms with Gasteiger partial charge in [0.2, 0.25) is 0 Å². The van der Waals surface area contributed by atoms with Crippen molar-refractivity contribution in [2.24, 2.45) is 16.8 Å². The molecule has 0 radical (unpaired) electrons. The van der Waals surface area contributed by atoms with E-state index in [1.54, 1.807) is 7.05 Å². The molecule has 0 amide bonds. The normalized spacial score (nSPS) is 19.1. The first-order valence-electron chi connectivity index (χ1n) is 11.5. The van der Waals surface area contributed by atoms with Crippen LogP contribution in [-0.2, 0) is 16.0 Å². The summed E-state index contributed by atoms with van der Waals surface area (Å²) in [5, 5.41) is 6.72. The number of anilines is 1. The number of guanidine groups is 1. The van der Waals surface area contributed by atoms with Gasteiger partial charge >= 0.3 is 0 Å². The second-order valence-electron chi connectivity index (χ2n) is 8.53. The lowest BCUT2D eigenvalue weighted by Gasteiger charge is -2.31. The molecule has 2 N–H and O–H groups in total. The van der Waals surface area contributed by atoms with E-state index in [0.717, 1.165) is 88.6 Å². The summed E-state index contributed by atoms with van der Waals surface area (Å²) >= 11 is 0. The van der Waals surface area contributed by atoms with Gasteiger partial charge < -0.3 is 25.0 Å². The van der Waals surface area contributed by atoms with Gasteiger partial charge in [0.1, 0.15) is 5.82 Å². The molecule has 2 aliphatic rings. The summed E-state index contributed by atoms with van der Waals surface area (Å²) < 4.78 is 11.2. The molecule has 0 bridgehead atoms. The number of aromatic nitrogens is 1. The number of hydrogen-bond acceptors (Lipinski definition) is 5. The van der Waals surface area contributed by atoms with Crippen LogP contribution in [0.15, 0.2) is 23.3 Å². The van der Waals surface area contributed by atoms with E-state index >= 15 is 0 Å². The van der Waals surface area contributed by atoms with Crippen molar-refractivity contribution >= 4 is 11.8 Å². The third-order valence-corrected chi connectivity index (χ3v) is 6.05. The largest absolute Gasteiger partial charge is 0.381 e. The van der Waals surface area contributed by atoms with Crippen molar-refractivity contribution in [1.82, 2.24) is 15.6 Å². The third-order valence-electron chi connectivity index (χ3n) is 6.05. The maximum absolute atomic E-state index is 5.82. The minimum absolute atomic E-state index is 0.666. The molecule has 3 heterocycles. The molecule has 1 aromatic rings. The number of pyridine rings is 1. The van der Waals surface area contributed by atoms with Crippen molar-refractivity contribution in [2.75, 3.05) is 58.0 Å². The highest BCUT2D eigenvalue weighted by Gasteiger charge is 2.16. The topological polar surface area (TPSA) is 71.0 Å². The molecule has 0 aromatic carbocycles. The first kappa shape index (κ1) is 22.8. The van der Waals surface area contributed by atoms with Gasteiger partial charge in [0.05, 0.1) is 0 Å². The lowest BCUT2D eigenvalue weighted by atomic mass is 9.99. The molecule has 1 aromatic heterocycles. The summed E-state index contributed by atoms with van der Waals surface area (Å²) in [4.78, 5) is 11.4. The molecule has 7 nitrogen and oxygen atoms in total. The van der Waals surface area contributed by atoms with Crippen molar-refractivity contribution in [3.05, 3.63) is 23.9 Å². The molecule has 0 unspecified atom stereocenters. The molecule has 30 heavy (non-hydrogen) atoms. The number of aliphatic imine (C=N–C) groups is 1. The van der Waals surface area contributed by atoms with E-state index in [1.165, 1.54) is 12.8 Å².